The highest BCUT2D eigenvalue weighted by molar-refractivity contribution is 5.94. The summed E-state index contributed by atoms with van der Waals surface area (Å²) in [5.41, 5.74) is 5.97. The van der Waals surface area contributed by atoms with Crippen molar-refractivity contribution in [3.8, 4) is 0 Å². The average Bonchev–Trinajstić information content (AvgIpc) is 2.35. The van der Waals surface area contributed by atoms with E-state index in [0.717, 1.165) is 0 Å². The average molecular weight is 272 g/mol. The van der Waals surface area contributed by atoms with Crippen molar-refractivity contribution in [1.82, 2.24) is 10.6 Å². The van der Waals surface area contributed by atoms with Gasteiger partial charge >= 0.3 is 0 Å². The zero-order chi connectivity index (χ0) is 12.7. The summed E-state index contributed by atoms with van der Waals surface area (Å²) in [5.74, 6) is -0.375. The molecule has 1 atom stereocenters. The first-order chi connectivity index (χ1) is 8.11. The molecule has 2 amide bonds. The van der Waals surface area contributed by atoms with E-state index in [9.17, 15) is 9.59 Å². The van der Waals surface area contributed by atoms with Gasteiger partial charge in [0.2, 0.25) is 5.91 Å². The first-order valence-corrected chi connectivity index (χ1v) is 5.48. The van der Waals surface area contributed by atoms with Crippen LogP contribution in [0.5, 0.6) is 0 Å². The summed E-state index contributed by atoms with van der Waals surface area (Å²) >= 11 is 0. The quantitative estimate of drug-likeness (QED) is 0.674. The van der Waals surface area contributed by atoms with Crippen LogP contribution >= 0.6 is 12.4 Å². The fourth-order valence-electron chi connectivity index (χ4n) is 1.21. The molecule has 1 rings (SSSR count). The van der Waals surface area contributed by atoms with Gasteiger partial charge in [0, 0.05) is 18.7 Å². The van der Waals surface area contributed by atoms with Crippen molar-refractivity contribution in [3.05, 3.63) is 35.9 Å². The molecule has 18 heavy (non-hydrogen) atoms. The summed E-state index contributed by atoms with van der Waals surface area (Å²) < 4.78 is 0. The molecule has 1 unspecified atom stereocenters. The van der Waals surface area contributed by atoms with Gasteiger partial charge in [-0.1, -0.05) is 18.2 Å². The zero-order valence-corrected chi connectivity index (χ0v) is 11.0. The molecule has 6 heteroatoms. The molecule has 0 heterocycles. The van der Waals surface area contributed by atoms with Crippen molar-refractivity contribution in [1.29, 1.82) is 0 Å². The lowest BCUT2D eigenvalue weighted by Crippen LogP contribution is -2.42. The van der Waals surface area contributed by atoms with E-state index in [2.05, 4.69) is 10.6 Å². The van der Waals surface area contributed by atoms with E-state index in [1.807, 2.05) is 6.07 Å². The minimum Gasteiger partial charge on any atom is -0.353 e. The van der Waals surface area contributed by atoms with Crippen LogP contribution in [0.3, 0.4) is 0 Å². The fraction of sp³-hybridized carbons (Fsp3) is 0.333. The number of halogens is 1. The summed E-state index contributed by atoms with van der Waals surface area (Å²) in [5, 5.41) is 5.31. The Balaban J connectivity index is 0.00000289. The predicted molar refractivity (Wildman–Crippen MR) is 72.7 cm³/mol. The molecule has 0 aliphatic rings. The molecule has 1 aromatic carbocycles. The third-order valence-electron chi connectivity index (χ3n) is 2.16. The van der Waals surface area contributed by atoms with Crippen LogP contribution in [0.1, 0.15) is 17.3 Å². The number of hydrogen-bond donors (Lipinski definition) is 3. The van der Waals surface area contributed by atoms with Crippen molar-refractivity contribution >= 4 is 24.2 Å². The summed E-state index contributed by atoms with van der Waals surface area (Å²) in [4.78, 5) is 22.7. The molecule has 100 valence electrons. The number of amides is 2. The molecule has 4 N–H and O–H groups in total. The molecule has 1 aromatic rings. The van der Waals surface area contributed by atoms with Crippen LogP contribution in [0.25, 0.3) is 0 Å². The van der Waals surface area contributed by atoms with Crippen LogP contribution in [0.2, 0.25) is 0 Å². The molecule has 0 saturated heterocycles. The number of benzene rings is 1. The van der Waals surface area contributed by atoms with Crippen LogP contribution < -0.4 is 16.4 Å². The fourth-order valence-corrected chi connectivity index (χ4v) is 1.21. The Hall–Kier alpha value is -1.59. The maximum atomic E-state index is 11.6. The van der Waals surface area contributed by atoms with E-state index in [1.54, 1.807) is 31.2 Å². The van der Waals surface area contributed by atoms with E-state index in [1.165, 1.54) is 0 Å². The summed E-state index contributed by atoms with van der Waals surface area (Å²) in [6.07, 6.45) is 0. The van der Waals surface area contributed by atoms with E-state index < -0.39 is 6.04 Å². The second-order valence-electron chi connectivity index (χ2n) is 3.70. The van der Waals surface area contributed by atoms with Gasteiger partial charge in [0.25, 0.3) is 5.91 Å². The van der Waals surface area contributed by atoms with Crippen molar-refractivity contribution in [2.45, 2.75) is 13.0 Å². The third-order valence-corrected chi connectivity index (χ3v) is 2.16. The zero-order valence-electron chi connectivity index (χ0n) is 10.2. The largest absolute Gasteiger partial charge is 0.353 e. The Kier molecular flexibility index (Phi) is 7.74. The number of carbonyl (C=O) groups excluding carboxylic acids is 2. The van der Waals surface area contributed by atoms with Crippen LogP contribution in [0, 0.1) is 0 Å². The van der Waals surface area contributed by atoms with E-state index in [-0.39, 0.29) is 24.2 Å². The Labute approximate surface area is 113 Å². The van der Waals surface area contributed by atoms with E-state index in [4.69, 9.17) is 5.73 Å². The number of carbonyl (C=O) groups is 2. The molecule has 0 bridgehead atoms. The maximum Gasteiger partial charge on any atom is 0.251 e. The Morgan fingerprint density at radius 2 is 1.72 bits per heavy atom. The highest BCUT2D eigenvalue weighted by atomic mass is 35.5. The molecule has 0 aliphatic heterocycles. The molecule has 0 spiro atoms. The van der Waals surface area contributed by atoms with Gasteiger partial charge in [-0.3, -0.25) is 9.59 Å². The van der Waals surface area contributed by atoms with Gasteiger partial charge in [0.1, 0.15) is 0 Å². The summed E-state index contributed by atoms with van der Waals surface area (Å²) in [6, 6.07) is 8.38. The normalized spacial score (nSPS) is 11.0. The van der Waals surface area contributed by atoms with Crippen molar-refractivity contribution < 1.29 is 9.59 Å². The molecule has 0 aromatic heterocycles. The molecular weight excluding hydrogens is 254 g/mol. The summed E-state index contributed by atoms with van der Waals surface area (Å²) in [6.45, 7) is 2.36. The van der Waals surface area contributed by atoms with Crippen molar-refractivity contribution in [2.24, 2.45) is 5.73 Å². The monoisotopic (exact) mass is 271 g/mol. The first kappa shape index (κ1) is 16.4. The summed E-state index contributed by atoms with van der Waals surface area (Å²) in [7, 11) is 0. The smallest absolute Gasteiger partial charge is 0.251 e. The highest BCUT2D eigenvalue weighted by Crippen LogP contribution is 1.96. The van der Waals surface area contributed by atoms with Crippen molar-refractivity contribution in [3.63, 3.8) is 0 Å². The molecular formula is C12H18ClN3O2. The van der Waals surface area contributed by atoms with Gasteiger partial charge < -0.3 is 16.4 Å². The molecule has 0 aliphatic carbocycles. The minimum atomic E-state index is -0.528. The number of nitrogens with one attached hydrogen (secondary N) is 2. The third kappa shape index (κ3) is 5.65. The highest BCUT2D eigenvalue weighted by Gasteiger charge is 2.06. The topological polar surface area (TPSA) is 84.2 Å². The lowest BCUT2D eigenvalue weighted by molar-refractivity contribution is -0.121. The van der Waals surface area contributed by atoms with Crippen molar-refractivity contribution in [2.75, 3.05) is 13.1 Å². The minimum absolute atomic E-state index is 0. The first-order valence-electron chi connectivity index (χ1n) is 5.48. The predicted octanol–water partition coefficient (Wildman–Crippen LogP) is 0.302. The second-order valence-corrected chi connectivity index (χ2v) is 3.70. The van der Waals surface area contributed by atoms with Gasteiger partial charge in [-0.25, -0.2) is 0 Å². The standard InChI is InChI=1S/C12H17N3O2.ClH/c1-9(13)11(16)14-7-8-15-12(17)10-5-3-2-4-6-10;/h2-6,9H,7-8,13H2,1H3,(H,14,16)(H,15,17);1H. The Bertz CT molecular complexity index is 382. The van der Waals surface area contributed by atoms with E-state index in [0.29, 0.717) is 18.7 Å². The van der Waals surface area contributed by atoms with Crippen LogP contribution in [0.15, 0.2) is 30.3 Å². The number of nitrogens with two attached hydrogens (primary N) is 1. The Morgan fingerprint density at radius 1 is 1.17 bits per heavy atom. The molecule has 5 nitrogen and oxygen atoms in total. The SMILES string of the molecule is CC(N)C(=O)NCCNC(=O)c1ccccc1.Cl. The van der Waals surface area contributed by atoms with Gasteiger partial charge in [-0.05, 0) is 19.1 Å². The van der Waals surface area contributed by atoms with E-state index >= 15 is 0 Å². The van der Waals surface area contributed by atoms with Crippen LogP contribution in [-0.2, 0) is 4.79 Å². The molecule has 0 fully saturated rings. The van der Waals surface area contributed by atoms with Crippen LogP contribution in [0.4, 0.5) is 0 Å². The Morgan fingerprint density at radius 3 is 2.28 bits per heavy atom. The van der Waals surface area contributed by atoms with Gasteiger partial charge in [-0.15, -0.1) is 12.4 Å². The second kappa shape index (κ2) is 8.49. The van der Waals surface area contributed by atoms with Crippen LogP contribution in [-0.4, -0.2) is 30.9 Å². The lowest BCUT2D eigenvalue weighted by atomic mass is 10.2. The van der Waals surface area contributed by atoms with Gasteiger partial charge in [0.05, 0.1) is 6.04 Å². The maximum absolute atomic E-state index is 11.6. The van der Waals surface area contributed by atoms with Gasteiger partial charge in [-0.2, -0.15) is 0 Å². The lowest BCUT2D eigenvalue weighted by Gasteiger charge is -2.08. The molecule has 0 radical (unpaired) electrons. The number of rotatable bonds is 5. The number of hydrogen-bond acceptors (Lipinski definition) is 3. The van der Waals surface area contributed by atoms with Gasteiger partial charge in [0.15, 0.2) is 0 Å². The molecule has 0 saturated carbocycles.